The standard InChI is InChI=1S/C11H9F2N/c1-14-6-2-3-11(14)9-5-4-8(12)7-10(9)13/h2-7H,1H3. The van der Waals surface area contributed by atoms with Gasteiger partial charge in [-0.25, -0.2) is 8.78 Å². The molecule has 3 heteroatoms. The van der Waals surface area contributed by atoms with Crippen LogP contribution in [0, 0.1) is 11.6 Å². The molecular formula is C11H9F2N. The Kier molecular flexibility index (Phi) is 2.08. The molecule has 1 aromatic heterocycles. The van der Waals surface area contributed by atoms with Gasteiger partial charge in [0.2, 0.25) is 0 Å². The first-order chi connectivity index (χ1) is 6.68. The highest BCUT2D eigenvalue weighted by Crippen LogP contribution is 2.22. The molecule has 0 saturated heterocycles. The molecule has 2 aromatic rings. The first-order valence-corrected chi connectivity index (χ1v) is 4.25. The molecule has 0 amide bonds. The third-order valence-electron chi connectivity index (χ3n) is 2.15. The molecule has 0 bridgehead atoms. The summed E-state index contributed by atoms with van der Waals surface area (Å²) in [5.74, 6) is -1.09. The van der Waals surface area contributed by atoms with Crippen LogP contribution in [0.2, 0.25) is 0 Å². The first kappa shape index (κ1) is 8.94. The summed E-state index contributed by atoms with van der Waals surface area (Å²) >= 11 is 0. The van der Waals surface area contributed by atoms with E-state index in [-0.39, 0.29) is 0 Å². The lowest BCUT2D eigenvalue weighted by atomic mass is 10.1. The summed E-state index contributed by atoms with van der Waals surface area (Å²) < 4.78 is 27.8. The molecule has 1 aromatic carbocycles. The zero-order chi connectivity index (χ0) is 10.1. The molecule has 0 atom stereocenters. The molecular weight excluding hydrogens is 184 g/mol. The highest BCUT2D eigenvalue weighted by molar-refractivity contribution is 5.60. The predicted molar refractivity (Wildman–Crippen MR) is 50.8 cm³/mol. The molecule has 0 fully saturated rings. The Morgan fingerprint density at radius 3 is 2.50 bits per heavy atom. The minimum atomic E-state index is -0.555. The lowest BCUT2D eigenvalue weighted by molar-refractivity contribution is 0.585. The number of halogens is 2. The van der Waals surface area contributed by atoms with Crippen LogP contribution in [0.25, 0.3) is 11.3 Å². The van der Waals surface area contributed by atoms with Crippen LogP contribution < -0.4 is 0 Å². The van der Waals surface area contributed by atoms with Gasteiger partial charge < -0.3 is 4.57 Å². The van der Waals surface area contributed by atoms with Crippen molar-refractivity contribution in [3.8, 4) is 11.3 Å². The molecule has 1 nitrogen and oxygen atoms in total. The van der Waals surface area contributed by atoms with Crippen molar-refractivity contribution in [1.82, 2.24) is 4.57 Å². The quantitative estimate of drug-likeness (QED) is 0.656. The summed E-state index contributed by atoms with van der Waals surface area (Å²) in [6, 6.07) is 7.20. The van der Waals surface area contributed by atoms with Crippen molar-refractivity contribution in [2.24, 2.45) is 7.05 Å². The van der Waals surface area contributed by atoms with Gasteiger partial charge in [-0.05, 0) is 24.3 Å². The van der Waals surface area contributed by atoms with Gasteiger partial charge in [0, 0.05) is 24.9 Å². The maximum Gasteiger partial charge on any atom is 0.135 e. The van der Waals surface area contributed by atoms with Gasteiger partial charge in [0.05, 0.1) is 5.69 Å². The van der Waals surface area contributed by atoms with Crippen molar-refractivity contribution < 1.29 is 8.78 Å². The van der Waals surface area contributed by atoms with E-state index in [1.54, 1.807) is 10.6 Å². The smallest absolute Gasteiger partial charge is 0.135 e. The van der Waals surface area contributed by atoms with Crippen molar-refractivity contribution in [1.29, 1.82) is 0 Å². The zero-order valence-electron chi connectivity index (χ0n) is 7.67. The average molecular weight is 193 g/mol. The monoisotopic (exact) mass is 193 g/mol. The molecule has 0 spiro atoms. The number of aryl methyl sites for hydroxylation is 1. The van der Waals surface area contributed by atoms with Gasteiger partial charge in [-0.15, -0.1) is 0 Å². The molecule has 14 heavy (non-hydrogen) atoms. The molecule has 1 heterocycles. The fourth-order valence-corrected chi connectivity index (χ4v) is 1.44. The Hall–Kier alpha value is -1.64. The minimum absolute atomic E-state index is 0.416. The van der Waals surface area contributed by atoms with E-state index in [4.69, 9.17) is 0 Å². The summed E-state index contributed by atoms with van der Waals surface area (Å²) in [6.07, 6.45) is 1.82. The van der Waals surface area contributed by atoms with Crippen LogP contribution in [0.1, 0.15) is 0 Å². The molecule has 2 rings (SSSR count). The van der Waals surface area contributed by atoms with Gasteiger partial charge >= 0.3 is 0 Å². The number of nitrogens with zero attached hydrogens (tertiary/aromatic N) is 1. The highest BCUT2D eigenvalue weighted by Gasteiger charge is 2.07. The molecule has 0 aliphatic carbocycles. The second kappa shape index (κ2) is 3.25. The first-order valence-electron chi connectivity index (χ1n) is 4.25. The van der Waals surface area contributed by atoms with Gasteiger partial charge in [0.15, 0.2) is 0 Å². The number of hydrogen-bond donors (Lipinski definition) is 0. The lowest BCUT2D eigenvalue weighted by Crippen LogP contribution is -1.92. The Bertz CT molecular complexity index is 460. The van der Waals surface area contributed by atoms with Crippen LogP contribution in [0.3, 0.4) is 0 Å². The molecule has 0 aliphatic rings. The Labute approximate surface area is 80.6 Å². The van der Waals surface area contributed by atoms with Crippen LogP contribution in [-0.2, 0) is 7.05 Å². The summed E-state index contributed by atoms with van der Waals surface area (Å²) in [4.78, 5) is 0. The van der Waals surface area contributed by atoms with Crippen molar-refractivity contribution in [3.05, 3.63) is 48.2 Å². The van der Waals surface area contributed by atoms with Crippen LogP contribution in [0.5, 0.6) is 0 Å². The predicted octanol–water partition coefficient (Wildman–Crippen LogP) is 2.97. The van der Waals surface area contributed by atoms with E-state index < -0.39 is 11.6 Å². The molecule has 0 unspecified atom stereocenters. The summed E-state index contributed by atoms with van der Waals surface area (Å²) in [5.41, 5.74) is 1.15. The number of rotatable bonds is 1. The minimum Gasteiger partial charge on any atom is -0.350 e. The van der Waals surface area contributed by atoms with Crippen molar-refractivity contribution in [2.45, 2.75) is 0 Å². The average Bonchev–Trinajstić information content (AvgIpc) is 2.52. The maximum absolute atomic E-state index is 13.3. The maximum atomic E-state index is 13.3. The van der Waals surface area contributed by atoms with Gasteiger partial charge in [0.25, 0.3) is 0 Å². The van der Waals surface area contributed by atoms with E-state index in [0.717, 1.165) is 11.8 Å². The van der Waals surface area contributed by atoms with Crippen LogP contribution in [-0.4, -0.2) is 4.57 Å². The Balaban J connectivity index is 2.58. The molecule has 0 saturated carbocycles. The fraction of sp³-hybridized carbons (Fsp3) is 0.0909. The third-order valence-corrected chi connectivity index (χ3v) is 2.15. The van der Waals surface area contributed by atoms with E-state index in [1.165, 1.54) is 12.1 Å². The fourth-order valence-electron chi connectivity index (χ4n) is 1.44. The number of benzene rings is 1. The SMILES string of the molecule is Cn1cccc1-c1ccc(F)cc1F. The topological polar surface area (TPSA) is 4.93 Å². The second-order valence-electron chi connectivity index (χ2n) is 3.13. The summed E-state index contributed by atoms with van der Waals surface area (Å²) in [7, 11) is 1.82. The van der Waals surface area contributed by atoms with Gasteiger partial charge in [-0.3, -0.25) is 0 Å². The highest BCUT2D eigenvalue weighted by atomic mass is 19.1. The largest absolute Gasteiger partial charge is 0.350 e. The van der Waals surface area contributed by atoms with E-state index in [0.29, 0.717) is 5.56 Å². The Morgan fingerprint density at radius 1 is 1.14 bits per heavy atom. The van der Waals surface area contributed by atoms with Crippen molar-refractivity contribution in [3.63, 3.8) is 0 Å². The Morgan fingerprint density at radius 2 is 1.93 bits per heavy atom. The summed E-state index contributed by atoms with van der Waals surface area (Å²) in [5, 5.41) is 0. The van der Waals surface area contributed by atoms with Gasteiger partial charge in [0.1, 0.15) is 11.6 Å². The summed E-state index contributed by atoms with van der Waals surface area (Å²) in [6.45, 7) is 0. The van der Waals surface area contributed by atoms with Gasteiger partial charge in [-0.1, -0.05) is 0 Å². The zero-order valence-corrected chi connectivity index (χ0v) is 7.67. The lowest BCUT2D eigenvalue weighted by Gasteiger charge is -2.04. The van der Waals surface area contributed by atoms with Crippen LogP contribution in [0.4, 0.5) is 8.78 Å². The van der Waals surface area contributed by atoms with E-state index >= 15 is 0 Å². The molecule has 72 valence electrons. The van der Waals surface area contributed by atoms with E-state index in [2.05, 4.69) is 0 Å². The van der Waals surface area contributed by atoms with E-state index in [9.17, 15) is 8.78 Å². The number of hydrogen-bond acceptors (Lipinski definition) is 0. The third kappa shape index (κ3) is 1.41. The van der Waals surface area contributed by atoms with Crippen LogP contribution in [0.15, 0.2) is 36.5 Å². The van der Waals surface area contributed by atoms with Crippen LogP contribution >= 0.6 is 0 Å². The van der Waals surface area contributed by atoms with Gasteiger partial charge in [-0.2, -0.15) is 0 Å². The van der Waals surface area contributed by atoms with E-state index in [1.807, 2.05) is 19.3 Å². The number of aromatic nitrogens is 1. The second-order valence-corrected chi connectivity index (χ2v) is 3.13. The van der Waals surface area contributed by atoms with Crippen molar-refractivity contribution >= 4 is 0 Å². The normalized spacial score (nSPS) is 10.5. The van der Waals surface area contributed by atoms with Crippen molar-refractivity contribution in [2.75, 3.05) is 0 Å². The molecule has 0 radical (unpaired) electrons. The molecule has 0 N–H and O–H groups in total. The molecule has 0 aliphatic heterocycles.